The summed E-state index contributed by atoms with van der Waals surface area (Å²) >= 11 is 12.2. The Bertz CT molecular complexity index is 548. The van der Waals surface area contributed by atoms with Gasteiger partial charge in [-0.05, 0) is 43.9 Å². The Balaban J connectivity index is 1.76. The molecule has 0 saturated heterocycles. The average Bonchev–Trinajstić information content (AvgIpc) is 2.60. The molecule has 0 atom stereocenters. The number of carbonyl (C=O) groups is 1. The minimum Gasteiger partial charge on any atom is -0.319 e. The fraction of sp³-hybridized carbons (Fsp3) is 0.632. The van der Waals surface area contributed by atoms with E-state index in [1.165, 1.54) is 38.5 Å². The second-order valence-electron chi connectivity index (χ2n) is 7.05. The largest absolute Gasteiger partial charge is 0.322 e. The van der Waals surface area contributed by atoms with Crippen LogP contribution in [0.4, 0.5) is 10.5 Å². The third-order valence-electron chi connectivity index (χ3n) is 5.34. The number of urea groups is 1. The van der Waals surface area contributed by atoms with Crippen LogP contribution in [0.2, 0.25) is 10.0 Å². The van der Waals surface area contributed by atoms with Crippen molar-refractivity contribution in [3.05, 3.63) is 28.2 Å². The summed E-state index contributed by atoms with van der Waals surface area (Å²) in [4.78, 5) is 15.2. The normalized spacial score (nSPS) is 19.9. The number of halogens is 2. The number of hydrogen-bond donors (Lipinski definition) is 1. The van der Waals surface area contributed by atoms with Crippen LogP contribution in [0.3, 0.4) is 0 Å². The molecule has 24 heavy (non-hydrogen) atoms. The van der Waals surface area contributed by atoms with E-state index in [-0.39, 0.29) is 6.03 Å². The third kappa shape index (κ3) is 4.37. The smallest absolute Gasteiger partial charge is 0.319 e. The molecule has 2 fully saturated rings. The van der Waals surface area contributed by atoms with Gasteiger partial charge in [-0.1, -0.05) is 61.7 Å². The van der Waals surface area contributed by atoms with Gasteiger partial charge >= 0.3 is 6.03 Å². The zero-order valence-corrected chi connectivity index (χ0v) is 15.6. The van der Waals surface area contributed by atoms with Crippen molar-refractivity contribution in [1.29, 1.82) is 0 Å². The summed E-state index contributed by atoms with van der Waals surface area (Å²) in [7, 11) is 0. The minimum absolute atomic E-state index is 0.00183. The molecule has 1 aromatic carbocycles. The van der Waals surface area contributed by atoms with Gasteiger partial charge in [0.05, 0.1) is 10.7 Å². The number of benzene rings is 1. The first kappa shape index (κ1) is 17.9. The van der Waals surface area contributed by atoms with Crippen LogP contribution < -0.4 is 5.32 Å². The summed E-state index contributed by atoms with van der Waals surface area (Å²) < 4.78 is 0. The lowest BCUT2D eigenvalue weighted by Crippen LogP contribution is -2.50. The average molecular weight is 369 g/mol. The van der Waals surface area contributed by atoms with E-state index in [4.69, 9.17) is 23.2 Å². The van der Waals surface area contributed by atoms with E-state index in [2.05, 4.69) is 10.2 Å². The molecule has 2 aliphatic rings. The van der Waals surface area contributed by atoms with Crippen molar-refractivity contribution < 1.29 is 4.79 Å². The Hall–Kier alpha value is -0.930. The summed E-state index contributed by atoms with van der Waals surface area (Å²) in [6, 6.07) is 5.94. The zero-order valence-electron chi connectivity index (χ0n) is 14.1. The van der Waals surface area contributed by atoms with Gasteiger partial charge in [-0.2, -0.15) is 0 Å². The number of hydrogen-bond acceptors (Lipinski definition) is 1. The van der Waals surface area contributed by atoms with Crippen LogP contribution in [0.15, 0.2) is 18.2 Å². The van der Waals surface area contributed by atoms with Crippen molar-refractivity contribution in [3.63, 3.8) is 0 Å². The van der Waals surface area contributed by atoms with E-state index in [1.807, 2.05) is 0 Å². The monoisotopic (exact) mass is 368 g/mol. The summed E-state index contributed by atoms with van der Waals surface area (Å²) in [6.45, 7) is 0. The van der Waals surface area contributed by atoms with Crippen molar-refractivity contribution >= 4 is 34.9 Å². The van der Waals surface area contributed by atoms with E-state index in [0.717, 1.165) is 25.7 Å². The van der Waals surface area contributed by atoms with Gasteiger partial charge in [0, 0.05) is 17.1 Å². The minimum atomic E-state index is -0.00183. The maximum atomic E-state index is 13.1. The Morgan fingerprint density at radius 1 is 0.917 bits per heavy atom. The highest BCUT2D eigenvalue weighted by molar-refractivity contribution is 6.36. The highest BCUT2D eigenvalue weighted by Gasteiger charge is 2.32. The molecule has 0 heterocycles. The molecular formula is C19H26Cl2N2O. The first-order valence-electron chi connectivity index (χ1n) is 9.19. The maximum Gasteiger partial charge on any atom is 0.322 e. The quantitative estimate of drug-likeness (QED) is 0.649. The number of amides is 2. The lowest BCUT2D eigenvalue weighted by atomic mass is 9.89. The Kier molecular flexibility index (Phi) is 6.29. The second-order valence-corrected chi connectivity index (χ2v) is 7.89. The molecular weight excluding hydrogens is 343 g/mol. The number of anilines is 1. The Morgan fingerprint density at radius 3 is 1.96 bits per heavy atom. The molecule has 0 radical (unpaired) electrons. The molecule has 3 rings (SSSR count). The molecule has 2 amide bonds. The maximum absolute atomic E-state index is 13.1. The Morgan fingerprint density at radius 2 is 1.46 bits per heavy atom. The molecule has 5 heteroatoms. The summed E-state index contributed by atoms with van der Waals surface area (Å²) in [5, 5.41) is 4.10. The topological polar surface area (TPSA) is 32.3 Å². The molecule has 2 saturated carbocycles. The van der Waals surface area contributed by atoms with Gasteiger partial charge in [0.15, 0.2) is 0 Å². The number of nitrogens with zero attached hydrogens (tertiary/aromatic N) is 1. The lowest BCUT2D eigenvalue weighted by molar-refractivity contribution is 0.114. The SMILES string of the molecule is O=C(Nc1ccc(Cl)cc1Cl)N(C1CCCCC1)C1CCCCC1. The van der Waals surface area contributed by atoms with Crippen LogP contribution in [-0.2, 0) is 0 Å². The van der Waals surface area contributed by atoms with Crippen LogP contribution >= 0.6 is 23.2 Å². The predicted octanol–water partition coefficient (Wildman–Crippen LogP) is 6.49. The van der Waals surface area contributed by atoms with Crippen LogP contribution in [-0.4, -0.2) is 23.0 Å². The highest BCUT2D eigenvalue weighted by Crippen LogP contribution is 2.32. The second kappa shape index (κ2) is 8.44. The molecule has 0 unspecified atom stereocenters. The molecule has 0 bridgehead atoms. The number of nitrogens with one attached hydrogen (secondary N) is 1. The first-order chi connectivity index (χ1) is 11.6. The van der Waals surface area contributed by atoms with Crippen molar-refractivity contribution in [3.8, 4) is 0 Å². The van der Waals surface area contributed by atoms with Crippen molar-refractivity contribution in [2.24, 2.45) is 0 Å². The summed E-state index contributed by atoms with van der Waals surface area (Å²) in [5.41, 5.74) is 0.641. The van der Waals surface area contributed by atoms with Crippen molar-refractivity contribution in [2.45, 2.75) is 76.3 Å². The fourth-order valence-corrected chi connectivity index (χ4v) is 4.57. The van der Waals surface area contributed by atoms with Gasteiger partial charge in [-0.25, -0.2) is 4.79 Å². The summed E-state index contributed by atoms with van der Waals surface area (Å²) in [6.07, 6.45) is 12.0. The van der Waals surface area contributed by atoms with Crippen LogP contribution in [0, 0.1) is 0 Å². The van der Waals surface area contributed by atoms with Gasteiger partial charge in [-0.15, -0.1) is 0 Å². The molecule has 0 spiro atoms. The lowest BCUT2D eigenvalue weighted by Gasteiger charge is -2.41. The third-order valence-corrected chi connectivity index (χ3v) is 5.89. The van der Waals surface area contributed by atoms with Crippen molar-refractivity contribution in [1.82, 2.24) is 4.90 Å². The Labute approximate surface area is 154 Å². The van der Waals surface area contributed by atoms with Crippen LogP contribution in [0.1, 0.15) is 64.2 Å². The molecule has 132 valence electrons. The van der Waals surface area contributed by atoms with Gasteiger partial charge in [-0.3, -0.25) is 0 Å². The molecule has 1 aromatic rings. The van der Waals surface area contributed by atoms with Gasteiger partial charge in [0.25, 0.3) is 0 Å². The molecule has 3 nitrogen and oxygen atoms in total. The number of carbonyl (C=O) groups excluding carboxylic acids is 1. The fourth-order valence-electron chi connectivity index (χ4n) is 4.12. The van der Waals surface area contributed by atoms with Crippen molar-refractivity contribution in [2.75, 3.05) is 5.32 Å². The first-order valence-corrected chi connectivity index (χ1v) is 9.95. The zero-order chi connectivity index (χ0) is 16.9. The molecule has 0 aromatic heterocycles. The van der Waals surface area contributed by atoms with E-state index in [9.17, 15) is 4.79 Å². The predicted molar refractivity (Wildman–Crippen MR) is 101 cm³/mol. The van der Waals surface area contributed by atoms with E-state index in [0.29, 0.717) is 27.8 Å². The van der Waals surface area contributed by atoms with E-state index < -0.39 is 0 Å². The molecule has 0 aliphatic heterocycles. The summed E-state index contributed by atoms with van der Waals surface area (Å²) in [5.74, 6) is 0. The van der Waals surface area contributed by atoms with E-state index >= 15 is 0 Å². The molecule has 2 aliphatic carbocycles. The van der Waals surface area contributed by atoms with Gasteiger partial charge < -0.3 is 10.2 Å². The van der Waals surface area contributed by atoms with Gasteiger partial charge in [0.2, 0.25) is 0 Å². The standard InChI is InChI=1S/C19H26Cl2N2O/c20-14-11-12-18(17(21)13-14)22-19(24)23(15-7-3-1-4-8-15)16-9-5-2-6-10-16/h11-13,15-16H,1-10H2,(H,22,24). The van der Waals surface area contributed by atoms with Crippen LogP contribution in [0.25, 0.3) is 0 Å². The van der Waals surface area contributed by atoms with Crippen LogP contribution in [0.5, 0.6) is 0 Å². The van der Waals surface area contributed by atoms with Gasteiger partial charge in [0.1, 0.15) is 0 Å². The van der Waals surface area contributed by atoms with E-state index in [1.54, 1.807) is 18.2 Å². The molecule has 1 N–H and O–H groups in total. The highest BCUT2D eigenvalue weighted by atomic mass is 35.5. The number of rotatable bonds is 3.